The molecule has 1 N–H and O–H groups in total. The van der Waals surface area contributed by atoms with Crippen molar-refractivity contribution in [1.82, 2.24) is 10.2 Å². The van der Waals surface area contributed by atoms with Gasteiger partial charge in [-0.15, -0.1) is 0 Å². The number of halogens is 2. The number of nitrogens with one attached hydrogen (secondary N) is 1. The normalized spacial score (nSPS) is 11.9. The molecule has 1 atom stereocenters. The van der Waals surface area contributed by atoms with Crippen LogP contribution < -0.4 is 9.62 Å². The molecule has 206 valence electrons. The van der Waals surface area contributed by atoms with Crippen molar-refractivity contribution in [2.45, 2.75) is 19.0 Å². The largest absolute Gasteiger partial charge is 0.357 e. The molecule has 3 aromatic rings. The zero-order valence-corrected chi connectivity index (χ0v) is 23.4. The first-order chi connectivity index (χ1) is 18.4. The smallest absolute Gasteiger partial charge is 0.271 e. The summed E-state index contributed by atoms with van der Waals surface area (Å²) in [6.45, 7) is -0.931. The molecule has 0 radical (unpaired) electrons. The number of likely N-dealkylation sites (N-methyl/N-ethyl adjacent to an activating group) is 1. The minimum Gasteiger partial charge on any atom is -0.357 e. The monoisotopic (exact) mass is 592 g/mol. The van der Waals surface area contributed by atoms with E-state index in [4.69, 9.17) is 23.2 Å². The van der Waals surface area contributed by atoms with Crippen LogP contribution in [0.4, 0.5) is 11.4 Å². The Morgan fingerprint density at radius 2 is 1.62 bits per heavy atom. The van der Waals surface area contributed by atoms with Crippen LogP contribution >= 0.6 is 23.2 Å². The van der Waals surface area contributed by atoms with Crippen LogP contribution in [0.5, 0.6) is 0 Å². The van der Waals surface area contributed by atoms with Gasteiger partial charge < -0.3 is 10.2 Å². The molecule has 0 aliphatic rings. The lowest BCUT2D eigenvalue weighted by Gasteiger charge is -2.33. The molecule has 10 nitrogen and oxygen atoms in total. The molecule has 0 fully saturated rings. The van der Waals surface area contributed by atoms with Crippen LogP contribution in [0.3, 0.4) is 0 Å². The Morgan fingerprint density at radius 1 is 1.00 bits per heavy atom. The second kappa shape index (κ2) is 12.9. The predicted molar refractivity (Wildman–Crippen MR) is 150 cm³/mol. The molecule has 0 heterocycles. The SMILES string of the molecule is CNC(=O)[C@@H](Cc1ccccc1)N(Cc1c(Cl)cccc1Cl)C(=O)CN(c1cccc([N+](=O)[O-])c1)S(C)(=O)=O. The molecule has 0 aliphatic carbocycles. The lowest BCUT2D eigenvalue weighted by molar-refractivity contribution is -0.384. The van der Waals surface area contributed by atoms with E-state index in [-0.39, 0.29) is 34.4 Å². The minimum atomic E-state index is -4.08. The van der Waals surface area contributed by atoms with E-state index < -0.39 is 39.3 Å². The van der Waals surface area contributed by atoms with Crippen molar-refractivity contribution in [3.63, 3.8) is 0 Å². The molecule has 0 aliphatic heterocycles. The highest BCUT2D eigenvalue weighted by Crippen LogP contribution is 2.28. The van der Waals surface area contributed by atoms with Crippen molar-refractivity contribution < 1.29 is 22.9 Å². The van der Waals surface area contributed by atoms with Crippen LogP contribution in [0.1, 0.15) is 11.1 Å². The summed E-state index contributed by atoms with van der Waals surface area (Å²) in [5.41, 5.74) is 0.709. The van der Waals surface area contributed by atoms with Crippen LogP contribution in [0.15, 0.2) is 72.8 Å². The van der Waals surface area contributed by atoms with Gasteiger partial charge in [0.25, 0.3) is 5.69 Å². The van der Waals surface area contributed by atoms with E-state index >= 15 is 0 Å². The van der Waals surface area contributed by atoms with E-state index in [1.54, 1.807) is 42.5 Å². The molecule has 39 heavy (non-hydrogen) atoms. The Morgan fingerprint density at radius 3 is 2.18 bits per heavy atom. The van der Waals surface area contributed by atoms with Crippen LogP contribution in [0, 0.1) is 10.1 Å². The third-order valence-corrected chi connectivity index (χ3v) is 7.76. The second-order valence-corrected chi connectivity index (χ2v) is 11.3. The molecule has 3 aromatic carbocycles. The van der Waals surface area contributed by atoms with Crippen molar-refractivity contribution in [3.05, 3.63) is 104 Å². The zero-order valence-electron chi connectivity index (χ0n) is 21.1. The number of non-ortho nitro benzene ring substituents is 1. The van der Waals surface area contributed by atoms with Gasteiger partial charge in [0.2, 0.25) is 21.8 Å². The van der Waals surface area contributed by atoms with E-state index in [9.17, 15) is 28.1 Å². The summed E-state index contributed by atoms with van der Waals surface area (Å²) in [6, 6.07) is 17.7. The van der Waals surface area contributed by atoms with Crippen LogP contribution in [0.2, 0.25) is 10.0 Å². The Bertz CT molecular complexity index is 1450. The number of benzene rings is 3. The minimum absolute atomic E-state index is 0.0738. The molecule has 0 bridgehead atoms. The number of carbonyl (C=O) groups excluding carboxylic acids is 2. The summed E-state index contributed by atoms with van der Waals surface area (Å²) < 4.78 is 26.3. The number of hydrogen-bond donors (Lipinski definition) is 1. The van der Waals surface area contributed by atoms with Gasteiger partial charge in [0.15, 0.2) is 0 Å². The third-order valence-electron chi connectivity index (χ3n) is 5.92. The van der Waals surface area contributed by atoms with Gasteiger partial charge >= 0.3 is 0 Å². The van der Waals surface area contributed by atoms with E-state index in [2.05, 4.69) is 5.32 Å². The van der Waals surface area contributed by atoms with Crippen LogP contribution in [-0.2, 0) is 32.6 Å². The first-order valence-corrected chi connectivity index (χ1v) is 14.2. The Kier molecular flexibility index (Phi) is 9.90. The average Bonchev–Trinajstić information content (AvgIpc) is 2.90. The van der Waals surface area contributed by atoms with Gasteiger partial charge in [-0.1, -0.05) is 65.7 Å². The number of anilines is 1. The van der Waals surface area contributed by atoms with Gasteiger partial charge in [-0.3, -0.25) is 24.0 Å². The highest BCUT2D eigenvalue weighted by molar-refractivity contribution is 7.92. The van der Waals surface area contributed by atoms with E-state index in [1.165, 1.54) is 30.1 Å². The predicted octanol–water partition coefficient (Wildman–Crippen LogP) is 4.05. The molecule has 0 saturated carbocycles. The highest BCUT2D eigenvalue weighted by Gasteiger charge is 2.33. The molecular weight excluding hydrogens is 567 g/mol. The molecule has 3 rings (SSSR count). The standard InChI is InChI=1S/C26H26Cl2N4O6S/c1-29-26(34)24(14-18-8-4-3-5-9-18)30(16-21-22(27)12-7-13-23(21)28)25(33)17-31(39(2,37)38)19-10-6-11-20(15-19)32(35)36/h3-13,15,24H,14,16-17H2,1-2H3,(H,29,34)/t24-/m1/s1. The number of amides is 2. The fourth-order valence-electron chi connectivity index (χ4n) is 3.95. The Hall–Kier alpha value is -3.67. The summed E-state index contributed by atoms with van der Waals surface area (Å²) in [7, 11) is -2.65. The number of sulfonamides is 1. The molecular formula is C26H26Cl2N4O6S. The van der Waals surface area contributed by atoms with Crippen molar-refractivity contribution in [3.8, 4) is 0 Å². The number of nitro groups is 1. The molecule has 0 spiro atoms. The summed E-state index contributed by atoms with van der Waals surface area (Å²) in [4.78, 5) is 38.8. The fourth-order valence-corrected chi connectivity index (χ4v) is 5.31. The zero-order chi connectivity index (χ0) is 28.7. The Balaban J connectivity index is 2.09. The number of hydrogen-bond acceptors (Lipinski definition) is 6. The second-order valence-electron chi connectivity index (χ2n) is 8.59. The first kappa shape index (κ1) is 29.9. The van der Waals surface area contributed by atoms with Gasteiger partial charge in [0.1, 0.15) is 12.6 Å². The van der Waals surface area contributed by atoms with Gasteiger partial charge in [-0.05, 0) is 23.8 Å². The molecule has 0 unspecified atom stereocenters. The summed E-state index contributed by atoms with van der Waals surface area (Å²) in [6.07, 6.45) is 0.999. The molecule has 2 amide bonds. The summed E-state index contributed by atoms with van der Waals surface area (Å²) in [5.74, 6) is -1.23. The summed E-state index contributed by atoms with van der Waals surface area (Å²) >= 11 is 12.8. The van der Waals surface area contributed by atoms with E-state index in [0.29, 0.717) is 5.56 Å². The van der Waals surface area contributed by atoms with Crippen molar-refractivity contribution in [1.29, 1.82) is 0 Å². The lowest BCUT2D eigenvalue weighted by atomic mass is 10.0. The summed E-state index contributed by atoms with van der Waals surface area (Å²) in [5, 5.41) is 14.4. The maximum Gasteiger partial charge on any atom is 0.271 e. The lowest BCUT2D eigenvalue weighted by Crippen LogP contribution is -2.53. The number of nitro benzene ring substituents is 1. The van der Waals surface area contributed by atoms with Crippen molar-refractivity contribution in [2.24, 2.45) is 0 Å². The highest BCUT2D eigenvalue weighted by atomic mass is 35.5. The molecule has 0 saturated heterocycles. The topological polar surface area (TPSA) is 130 Å². The number of carbonyl (C=O) groups is 2. The van der Waals surface area contributed by atoms with Crippen molar-refractivity contribution in [2.75, 3.05) is 24.2 Å². The van der Waals surface area contributed by atoms with E-state index in [1.807, 2.05) is 6.07 Å². The van der Waals surface area contributed by atoms with E-state index in [0.717, 1.165) is 22.2 Å². The first-order valence-electron chi connectivity index (χ1n) is 11.6. The van der Waals surface area contributed by atoms with Gasteiger partial charge in [0.05, 0.1) is 16.9 Å². The van der Waals surface area contributed by atoms with Gasteiger partial charge in [-0.25, -0.2) is 8.42 Å². The maximum absolute atomic E-state index is 13.9. The quantitative estimate of drug-likeness (QED) is 0.264. The van der Waals surface area contributed by atoms with Crippen LogP contribution in [-0.4, -0.2) is 55.9 Å². The number of rotatable bonds is 11. The van der Waals surface area contributed by atoms with Crippen molar-refractivity contribution >= 4 is 56.4 Å². The average molecular weight is 593 g/mol. The van der Waals surface area contributed by atoms with Crippen LogP contribution in [0.25, 0.3) is 0 Å². The fraction of sp³-hybridized carbons (Fsp3) is 0.231. The van der Waals surface area contributed by atoms with Gasteiger partial charge in [-0.2, -0.15) is 0 Å². The van der Waals surface area contributed by atoms with Gasteiger partial charge in [0, 0.05) is 47.8 Å². The Labute approximate surface area is 236 Å². The number of nitrogens with zero attached hydrogens (tertiary/aromatic N) is 3. The molecule has 0 aromatic heterocycles. The third kappa shape index (κ3) is 7.69. The molecule has 13 heteroatoms. The maximum atomic E-state index is 13.9.